The summed E-state index contributed by atoms with van der Waals surface area (Å²) in [7, 11) is 3.97. The molecule has 128 valence electrons. The van der Waals surface area contributed by atoms with Gasteiger partial charge in [0.2, 0.25) is 0 Å². The van der Waals surface area contributed by atoms with Gasteiger partial charge in [-0.25, -0.2) is 0 Å². The van der Waals surface area contributed by atoms with Gasteiger partial charge in [-0.15, -0.1) is 0 Å². The molecule has 0 aliphatic carbocycles. The third kappa shape index (κ3) is 2.91. The molecule has 0 saturated carbocycles. The molecule has 2 aliphatic rings. The van der Waals surface area contributed by atoms with Crippen LogP contribution >= 0.6 is 0 Å². The van der Waals surface area contributed by atoms with Crippen molar-refractivity contribution in [1.82, 2.24) is 4.90 Å². The Morgan fingerprint density at radius 1 is 1.00 bits per heavy atom. The fourth-order valence-corrected chi connectivity index (χ4v) is 4.49. The van der Waals surface area contributed by atoms with Crippen molar-refractivity contribution in [2.75, 3.05) is 14.2 Å². The van der Waals surface area contributed by atoms with Gasteiger partial charge in [0.15, 0.2) is 6.29 Å². The molecule has 0 amide bonds. The molecule has 2 aliphatic heterocycles. The molecule has 2 saturated heterocycles. The maximum atomic E-state index is 5.74. The summed E-state index contributed by atoms with van der Waals surface area (Å²) in [5.74, 6) is 1.58. The van der Waals surface area contributed by atoms with E-state index in [9.17, 15) is 0 Å². The first-order valence-electron chi connectivity index (χ1n) is 9.09. The van der Waals surface area contributed by atoms with Crippen LogP contribution in [0.2, 0.25) is 0 Å². The molecule has 0 N–H and O–H groups in total. The Bertz CT molecular complexity index is 715. The van der Waals surface area contributed by atoms with Crippen LogP contribution in [0.1, 0.15) is 44.1 Å². The van der Waals surface area contributed by atoms with Crippen LogP contribution in [0.25, 0.3) is 10.8 Å². The van der Waals surface area contributed by atoms with Crippen LogP contribution in [0.5, 0.6) is 5.75 Å². The lowest BCUT2D eigenvalue weighted by Crippen LogP contribution is -2.39. The highest BCUT2D eigenvalue weighted by molar-refractivity contribution is 5.84. The summed E-state index contributed by atoms with van der Waals surface area (Å²) < 4.78 is 10.9. The van der Waals surface area contributed by atoms with E-state index < -0.39 is 0 Å². The zero-order chi connectivity index (χ0) is 16.7. The number of piperidine rings is 1. The van der Waals surface area contributed by atoms with Crippen molar-refractivity contribution in [3.8, 4) is 5.75 Å². The van der Waals surface area contributed by atoms with E-state index in [4.69, 9.17) is 9.47 Å². The summed E-state index contributed by atoms with van der Waals surface area (Å²) >= 11 is 0. The topological polar surface area (TPSA) is 21.7 Å². The third-order valence-electron chi connectivity index (χ3n) is 6.04. The van der Waals surface area contributed by atoms with E-state index in [1.807, 2.05) is 13.0 Å². The van der Waals surface area contributed by atoms with Gasteiger partial charge in [-0.2, -0.15) is 0 Å². The highest BCUT2D eigenvalue weighted by Crippen LogP contribution is 2.42. The molecular formula is C21H27NO2. The number of nitrogens with zero attached hydrogens (tertiary/aromatic N) is 1. The maximum absolute atomic E-state index is 5.74. The highest BCUT2D eigenvalue weighted by Gasteiger charge is 2.38. The molecular weight excluding hydrogens is 298 g/mol. The molecule has 4 atom stereocenters. The van der Waals surface area contributed by atoms with Gasteiger partial charge in [-0.05, 0) is 74.0 Å². The van der Waals surface area contributed by atoms with Crippen LogP contribution < -0.4 is 4.74 Å². The van der Waals surface area contributed by atoms with Gasteiger partial charge in [0, 0.05) is 19.2 Å². The lowest BCUT2D eigenvalue weighted by atomic mass is 9.84. The second-order valence-corrected chi connectivity index (χ2v) is 7.41. The van der Waals surface area contributed by atoms with Crippen molar-refractivity contribution in [2.24, 2.45) is 0 Å². The van der Waals surface area contributed by atoms with Crippen LogP contribution in [-0.4, -0.2) is 37.4 Å². The average Bonchev–Trinajstić information content (AvgIpc) is 2.82. The van der Waals surface area contributed by atoms with Crippen LogP contribution in [0.15, 0.2) is 36.4 Å². The minimum atomic E-state index is -0.226. The van der Waals surface area contributed by atoms with Crippen molar-refractivity contribution < 1.29 is 9.47 Å². The van der Waals surface area contributed by atoms with Crippen LogP contribution in [0, 0.1) is 0 Å². The highest BCUT2D eigenvalue weighted by atomic mass is 16.7. The SMILES string of the molecule is COC(C)Oc1ccc2cc([C@@H]3C[C@H]4CC[C@@H](C3)N4C)ccc2c1. The molecule has 0 radical (unpaired) electrons. The van der Waals surface area contributed by atoms with Crippen molar-refractivity contribution >= 4 is 10.8 Å². The van der Waals surface area contributed by atoms with E-state index in [0.717, 1.165) is 17.8 Å². The molecule has 2 aromatic rings. The molecule has 0 aromatic heterocycles. The lowest BCUT2D eigenvalue weighted by Gasteiger charge is -2.36. The molecule has 24 heavy (non-hydrogen) atoms. The lowest BCUT2D eigenvalue weighted by molar-refractivity contribution is -0.0381. The summed E-state index contributed by atoms with van der Waals surface area (Å²) in [6, 6.07) is 14.8. The fourth-order valence-electron chi connectivity index (χ4n) is 4.49. The van der Waals surface area contributed by atoms with E-state index in [1.165, 1.54) is 42.0 Å². The summed E-state index contributed by atoms with van der Waals surface area (Å²) in [6.45, 7) is 1.90. The van der Waals surface area contributed by atoms with Crippen LogP contribution in [-0.2, 0) is 4.74 Å². The summed E-state index contributed by atoms with van der Waals surface area (Å²) in [4.78, 5) is 2.61. The standard InChI is InChI=1S/C21H27NO2/c1-14(23-3)24-21-9-6-15-10-16(4-5-17(15)13-21)18-11-19-7-8-20(12-18)22(19)2/h4-6,9-10,13-14,18-20H,7-8,11-12H2,1-3H3/t14?,18-,19-,20+. The minimum Gasteiger partial charge on any atom is -0.465 e. The van der Waals surface area contributed by atoms with Gasteiger partial charge in [0.25, 0.3) is 0 Å². The molecule has 2 fully saturated rings. The van der Waals surface area contributed by atoms with Gasteiger partial charge >= 0.3 is 0 Å². The Labute approximate surface area is 144 Å². The first kappa shape index (κ1) is 15.9. The first-order chi connectivity index (χ1) is 11.6. The molecule has 1 unspecified atom stereocenters. The molecule has 3 nitrogen and oxygen atoms in total. The molecule has 2 heterocycles. The molecule has 0 spiro atoms. The van der Waals surface area contributed by atoms with E-state index in [-0.39, 0.29) is 6.29 Å². The number of hydrogen-bond acceptors (Lipinski definition) is 3. The Kier molecular flexibility index (Phi) is 4.23. The van der Waals surface area contributed by atoms with Crippen molar-refractivity contribution in [1.29, 1.82) is 0 Å². The smallest absolute Gasteiger partial charge is 0.196 e. The molecule has 2 bridgehead atoms. The average molecular weight is 325 g/mol. The number of ether oxygens (including phenoxy) is 2. The first-order valence-corrected chi connectivity index (χ1v) is 9.09. The predicted molar refractivity (Wildman–Crippen MR) is 97.6 cm³/mol. The van der Waals surface area contributed by atoms with Crippen molar-refractivity contribution in [3.05, 3.63) is 42.0 Å². The summed E-state index contributed by atoms with van der Waals surface area (Å²) in [5, 5.41) is 2.53. The van der Waals surface area contributed by atoms with E-state index >= 15 is 0 Å². The number of methoxy groups -OCH3 is 1. The quantitative estimate of drug-likeness (QED) is 0.770. The van der Waals surface area contributed by atoms with E-state index in [0.29, 0.717) is 5.92 Å². The van der Waals surface area contributed by atoms with Gasteiger partial charge in [-0.3, -0.25) is 0 Å². The van der Waals surface area contributed by atoms with Crippen molar-refractivity contribution in [3.63, 3.8) is 0 Å². The second-order valence-electron chi connectivity index (χ2n) is 7.41. The fraction of sp³-hybridized carbons (Fsp3) is 0.524. The number of rotatable bonds is 4. The Hall–Kier alpha value is -1.58. The zero-order valence-corrected chi connectivity index (χ0v) is 14.9. The second kappa shape index (κ2) is 6.38. The third-order valence-corrected chi connectivity index (χ3v) is 6.04. The number of fused-ring (bicyclic) bond motifs is 3. The predicted octanol–water partition coefficient (Wildman–Crippen LogP) is 4.55. The number of benzene rings is 2. The largest absolute Gasteiger partial charge is 0.465 e. The van der Waals surface area contributed by atoms with Crippen LogP contribution in [0.4, 0.5) is 0 Å². The van der Waals surface area contributed by atoms with E-state index in [1.54, 1.807) is 7.11 Å². The molecule has 2 aromatic carbocycles. The van der Waals surface area contributed by atoms with Crippen LogP contribution in [0.3, 0.4) is 0 Å². The maximum Gasteiger partial charge on any atom is 0.196 e. The molecule has 3 heteroatoms. The Morgan fingerprint density at radius 2 is 1.67 bits per heavy atom. The van der Waals surface area contributed by atoms with E-state index in [2.05, 4.69) is 42.3 Å². The van der Waals surface area contributed by atoms with Gasteiger partial charge in [0.05, 0.1) is 0 Å². The van der Waals surface area contributed by atoms with Gasteiger partial charge < -0.3 is 14.4 Å². The Morgan fingerprint density at radius 3 is 2.38 bits per heavy atom. The summed E-state index contributed by atoms with van der Waals surface area (Å²) in [5.41, 5.74) is 1.51. The van der Waals surface area contributed by atoms with Gasteiger partial charge in [-0.1, -0.05) is 24.3 Å². The normalized spacial score (nSPS) is 28.2. The Balaban J connectivity index is 1.56. The molecule has 4 rings (SSSR count). The summed E-state index contributed by atoms with van der Waals surface area (Å²) in [6.07, 6.45) is 5.15. The monoisotopic (exact) mass is 325 g/mol. The number of hydrogen-bond donors (Lipinski definition) is 0. The van der Waals surface area contributed by atoms with Gasteiger partial charge in [0.1, 0.15) is 5.75 Å². The minimum absolute atomic E-state index is 0.226. The van der Waals surface area contributed by atoms with Crippen molar-refractivity contribution in [2.45, 2.75) is 56.9 Å². The zero-order valence-electron chi connectivity index (χ0n) is 14.9.